The minimum absolute atomic E-state index is 0.557. The number of guanidine groups is 1. The number of ether oxygens (including phenoxy) is 1. The van der Waals surface area contributed by atoms with Gasteiger partial charge in [-0.1, -0.05) is 30.3 Å². The predicted octanol–water partition coefficient (Wildman–Crippen LogP) is 2.02. The van der Waals surface area contributed by atoms with E-state index in [1.807, 2.05) is 0 Å². The Kier molecular flexibility index (Phi) is 7.41. The van der Waals surface area contributed by atoms with Gasteiger partial charge in [0.05, 0.1) is 19.8 Å². The van der Waals surface area contributed by atoms with E-state index in [1.165, 1.54) is 31.4 Å². The zero-order chi connectivity index (χ0) is 19.9. The van der Waals surface area contributed by atoms with Gasteiger partial charge in [0.15, 0.2) is 5.96 Å². The second-order valence-electron chi connectivity index (χ2n) is 8.48. The maximum absolute atomic E-state index is 5.52. The normalized spacial score (nSPS) is 26.9. The first-order valence-electron chi connectivity index (χ1n) is 11.5. The van der Waals surface area contributed by atoms with Crippen LogP contribution in [0.25, 0.3) is 0 Å². The first-order valence-corrected chi connectivity index (χ1v) is 11.5. The molecule has 0 aliphatic carbocycles. The monoisotopic (exact) mass is 399 g/mol. The third kappa shape index (κ3) is 5.50. The lowest BCUT2D eigenvalue weighted by Crippen LogP contribution is -2.47. The fraction of sp³-hybridized carbons (Fsp3) is 0.696. The van der Waals surface area contributed by atoms with Crippen molar-refractivity contribution in [2.75, 3.05) is 59.0 Å². The molecule has 3 saturated heterocycles. The number of nitrogens with zero attached hydrogens (tertiary/aromatic N) is 4. The van der Waals surface area contributed by atoms with Gasteiger partial charge in [0.25, 0.3) is 0 Å². The smallest absolute Gasteiger partial charge is 0.194 e. The maximum atomic E-state index is 5.52. The summed E-state index contributed by atoms with van der Waals surface area (Å²) >= 11 is 0. The van der Waals surface area contributed by atoms with Gasteiger partial charge in [-0.25, -0.2) is 0 Å². The van der Waals surface area contributed by atoms with Crippen LogP contribution in [-0.2, 0) is 11.3 Å². The van der Waals surface area contributed by atoms with Crippen LogP contribution in [0.3, 0.4) is 0 Å². The van der Waals surface area contributed by atoms with Crippen LogP contribution >= 0.6 is 0 Å². The van der Waals surface area contributed by atoms with Gasteiger partial charge in [0.2, 0.25) is 0 Å². The van der Waals surface area contributed by atoms with Crippen LogP contribution in [0.2, 0.25) is 0 Å². The molecule has 0 bridgehead atoms. The molecule has 6 heteroatoms. The Hall–Kier alpha value is -1.63. The van der Waals surface area contributed by atoms with E-state index in [9.17, 15) is 0 Å². The van der Waals surface area contributed by atoms with E-state index < -0.39 is 0 Å². The number of morpholine rings is 1. The van der Waals surface area contributed by atoms with Gasteiger partial charge < -0.3 is 15.0 Å². The van der Waals surface area contributed by atoms with Gasteiger partial charge >= 0.3 is 0 Å². The summed E-state index contributed by atoms with van der Waals surface area (Å²) < 4.78 is 5.52. The van der Waals surface area contributed by atoms with Crippen molar-refractivity contribution in [1.29, 1.82) is 0 Å². The molecule has 0 radical (unpaired) electrons. The topological polar surface area (TPSA) is 43.3 Å². The first-order chi connectivity index (χ1) is 14.3. The predicted molar refractivity (Wildman–Crippen MR) is 118 cm³/mol. The zero-order valence-electron chi connectivity index (χ0n) is 17.9. The summed E-state index contributed by atoms with van der Waals surface area (Å²) in [7, 11) is 0. The van der Waals surface area contributed by atoms with Crippen molar-refractivity contribution in [1.82, 2.24) is 20.0 Å². The number of likely N-dealkylation sites (tertiary alicyclic amines) is 2. The Morgan fingerprint density at radius 1 is 1.10 bits per heavy atom. The maximum Gasteiger partial charge on any atom is 0.194 e. The van der Waals surface area contributed by atoms with Crippen molar-refractivity contribution in [2.24, 2.45) is 4.99 Å². The summed E-state index contributed by atoms with van der Waals surface area (Å²) in [5, 5.41) is 3.55. The highest BCUT2D eigenvalue weighted by Crippen LogP contribution is 2.21. The van der Waals surface area contributed by atoms with Crippen LogP contribution in [0, 0.1) is 0 Å². The number of rotatable bonds is 6. The molecule has 29 heavy (non-hydrogen) atoms. The molecule has 160 valence electrons. The van der Waals surface area contributed by atoms with Crippen molar-refractivity contribution >= 4 is 5.96 Å². The fourth-order valence-corrected chi connectivity index (χ4v) is 4.92. The standard InChI is InChI=1S/C23H37N5O/c1-2-24-23(28-12-10-22(19-28)26-13-15-29-16-14-26)25-17-21-9-6-11-27(21)18-20-7-4-3-5-8-20/h3-5,7-8,21-22H,2,6,9-19H2,1H3,(H,24,25). The molecule has 2 atom stereocenters. The molecule has 0 aromatic heterocycles. The lowest BCUT2D eigenvalue weighted by atomic mass is 10.2. The summed E-state index contributed by atoms with van der Waals surface area (Å²) in [5.41, 5.74) is 1.41. The van der Waals surface area contributed by atoms with Crippen LogP contribution in [0.5, 0.6) is 0 Å². The minimum Gasteiger partial charge on any atom is -0.379 e. The highest BCUT2D eigenvalue weighted by Gasteiger charge is 2.31. The summed E-state index contributed by atoms with van der Waals surface area (Å²) in [6.45, 7) is 12.3. The van der Waals surface area contributed by atoms with Crippen LogP contribution in [-0.4, -0.2) is 91.8 Å². The second kappa shape index (κ2) is 10.4. The number of hydrogen-bond donors (Lipinski definition) is 1. The SMILES string of the molecule is CCNC(=NCC1CCCN1Cc1ccccc1)N1CCC(N2CCOCC2)C1. The summed E-state index contributed by atoms with van der Waals surface area (Å²) in [4.78, 5) is 12.8. The molecular weight excluding hydrogens is 362 g/mol. The van der Waals surface area contributed by atoms with E-state index in [2.05, 4.69) is 57.3 Å². The summed E-state index contributed by atoms with van der Waals surface area (Å²) in [5.74, 6) is 1.11. The van der Waals surface area contributed by atoms with E-state index in [4.69, 9.17) is 9.73 Å². The largest absolute Gasteiger partial charge is 0.379 e. The summed E-state index contributed by atoms with van der Waals surface area (Å²) in [6.07, 6.45) is 3.77. The molecule has 3 aliphatic rings. The Bertz CT molecular complexity index is 646. The van der Waals surface area contributed by atoms with Crippen molar-refractivity contribution in [3.05, 3.63) is 35.9 Å². The molecule has 0 amide bonds. The molecule has 6 nitrogen and oxygen atoms in total. The van der Waals surface area contributed by atoms with Gasteiger partial charge in [-0.05, 0) is 38.3 Å². The van der Waals surface area contributed by atoms with Gasteiger partial charge in [-0.3, -0.25) is 14.8 Å². The van der Waals surface area contributed by atoms with E-state index in [0.29, 0.717) is 12.1 Å². The number of aliphatic imine (C=N–C) groups is 1. The zero-order valence-corrected chi connectivity index (χ0v) is 17.9. The Morgan fingerprint density at radius 2 is 1.93 bits per heavy atom. The van der Waals surface area contributed by atoms with E-state index in [0.717, 1.165) is 65.0 Å². The Morgan fingerprint density at radius 3 is 2.72 bits per heavy atom. The highest BCUT2D eigenvalue weighted by molar-refractivity contribution is 5.80. The van der Waals surface area contributed by atoms with Crippen LogP contribution in [0.15, 0.2) is 35.3 Å². The minimum atomic E-state index is 0.557. The van der Waals surface area contributed by atoms with Crippen LogP contribution < -0.4 is 5.32 Å². The lowest BCUT2D eigenvalue weighted by Gasteiger charge is -2.32. The van der Waals surface area contributed by atoms with Crippen LogP contribution in [0.4, 0.5) is 0 Å². The Labute approximate surface area is 175 Å². The molecule has 0 spiro atoms. The molecule has 1 aromatic carbocycles. The number of hydrogen-bond acceptors (Lipinski definition) is 4. The Balaban J connectivity index is 1.34. The van der Waals surface area contributed by atoms with E-state index >= 15 is 0 Å². The van der Waals surface area contributed by atoms with Gasteiger partial charge in [0.1, 0.15) is 0 Å². The molecule has 1 aromatic rings. The third-order valence-corrected chi connectivity index (χ3v) is 6.54. The van der Waals surface area contributed by atoms with Gasteiger partial charge in [0, 0.05) is 51.4 Å². The molecule has 2 unspecified atom stereocenters. The average Bonchev–Trinajstić information content (AvgIpc) is 3.42. The molecule has 1 N–H and O–H groups in total. The van der Waals surface area contributed by atoms with E-state index in [-0.39, 0.29) is 0 Å². The molecule has 4 rings (SSSR count). The van der Waals surface area contributed by atoms with Crippen molar-refractivity contribution in [3.8, 4) is 0 Å². The molecular formula is C23H37N5O. The average molecular weight is 400 g/mol. The van der Waals surface area contributed by atoms with Crippen LogP contribution in [0.1, 0.15) is 31.7 Å². The van der Waals surface area contributed by atoms with Crippen molar-refractivity contribution in [2.45, 2.75) is 44.8 Å². The van der Waals surface area contributed by atoms with Crippen molar-refractivity contribution < 1.29 is 4.74 Å². The molecule has 0 saturated carbocycles. The first kappa shape index (κ1) is 20.6. The lowest BCUT2D eigenvalue weighted by molar-refractivity contribution is 0.0195. The fourth-order valence-electron chi connectivity index (χ4n) is 4.92. The van der Waals surface area contributed by atoms with Gasteiger partial charge in [-0.15, -0.1) is 0 Å². The molecule has 3 fully saturated rings. The number of benzene rings is 1. The highest BCUT2D eigenvalue weighted by atomic mass is 16.5. The second-order valence-corrected chi connectivity index (χ2v) is 8.48. The van der Waals surface area contributed by atoms with Crippen molar-refractivity contribution in [3.63, 3.8) is 0 Å². The third-order valence-electron chi connectivity index (χ3n) is 6.54. The quantitative estimate of drug-likeness (QED) is 0.586. The number of nitrogens with one attached hydrogen (secondary N) is 1. The van der Waals surface area contributed by atoms with Gasteiger partial charge in [-0.2, -0.15) is 0 Å². The molecule has 3 heterocycles. The molecule has 3 aliphatic heterocycles. The summed E-state index contributed by atoms with van der Waals surface area (Å²) in [6, 6.07) is 12.0. The van der Waals surface area contributed by atoms with E-state index in [1.54, 1.807) is 0 Å².